The van der Waals surface area contributed by atoms with Gasteiger partial charge in [-0.25, -0.2) is 0 Å². The lowest BCUT2D eigenvalue weighted by molar-refractivity contribution is -0.160. The van der Waals surface area contributed by atoms with E-state index in [1.165, 1.54) is 18.5 Å². The summed E-state index contributed by atoms with van der Waals surface area (Å²) in [5.41, 5.74) is 2.54. The molecular formula is C17H26N2O2. The van der Waals surface area contributed by atoms with Crippen molar-refractivity contribution in [3.05, 3.63) is 17.5 Å². The Kier molecular flexibility index (Phi) is 3.38. The van der Waals surface area contributed by atoms with E-state index in [0.29, 0.717) is 5.92 Å². The van der Waals surface area contributed by atoms with E-state index in [1.807, 2.05) is 11.7 Å². The molecule has 4 nitrogen and oxygen atoms in total. The predicted octanol–water partition coefficient (Wildman–Crippen LogP) is 3.31. The van der Waals surface area contributed by atoms with Crippen molar-refractivity contribution in [3.8, 4) is 0 Å². The van der Waals surface area contributed by atoms with Gasteiger partial charge in [0.05, 0.1) is 18.2 Å². The monoisotopic (exact) mass is 290 g/mol. The molecule has 0 spiro atoms. The number of methoxy groups -OCH3 is 1. The lowest BCUT2D eigenvalue weighted by Gasteiger charge is -2.51. The van der Waals surface area contributed by atoms with Crippen molar-refractivity contribution in [2.45, 2.75) is 63.7 Å². The van der Waals surface area contributed by atoms with Crippen molar-refractivity contribution < 1.29 is 9.53 Å². The molecule has 0 aromatic carbocycles. The number of nitrogens with zero attached hydrogens (tertiary/aromatic N) is 2. The van der Waals surface area contributed by atoms with Crippen LogP contribution in [-0.2, 0) is 22.0 Å². The van der Waals surface area contributed by atoms with Gasteiger partial charge in [0.1, 0.15) is 0 Å². The van der Waals surface area contributed by atoms with Crippen molar-refractivity contribution in [1.82, 2.24) is 9.78 Å². The molecular weight excluding hydrogens is 264 g/mol. The molecule has 2 bridgehead atoms. The molecule has 3 saturated carbocycles. The minimum atomic E-state index is -0.202. The molecule has 4 heteroatoms. The zero-order valence-corrected chi connectivity index (χ0v) is 13.6. The number of carbonyl (C=O) groups is 1. The number of aryl methyl sites for hydroxylation is 1. The smallest absolute Gasteiger partial charge is 0.311 e. The van der Waals surface area contributed by atoms with E-state index in [4.69, 9.17) is 9.84 Å². The maximum absolute atomic E-state index is 12.1. The average molecular weight is 290 g/mol. The predicted molar refractivity (Wildman–Crippen MR) is 81.1 cm³/mol. The number of aromatic nitrogens is 2. The van der Waals surface area contributed by atoms with Crippen molar-refractivity contribution in [3.63, 3.8) is 0 Å². The molecule has 116 valence electrons. The van der Waals surface area contributed by atoms with Gasteiger partial charge in [-0.2, -0.15) is 5.10 Å². The highest BCUT2D eigenvalue weighted by atomic mass is 16.5. The second-order valence-electron chi connectivity index (χ2n) is 7.28. The van der Waals surface area contributed by atoms with Crippen LogP contribution < -0.4 is 0 Å². The highest BCUT2D eigenvalue weighted by Crippen LogP contribution is 2.58. The third kappa shape index (κ3) is 2.11. The van der Waals surface area contributed by atoms with Crippen molar-refractivity contribution in [2.24, 2.45) is 12.5 Å². The summed E-state index contributed by atoms with van der Waals surface area (Å²) in [5, 5.41) is 4.81. The van der Waals surface area contributed by atoms with Gasteiger partial charge in [0.2, 0.25) is 0 Å². The SMILES string of the molecule is COC(=O)C12CCC(c3cc(C(C)C)n(C)n3)(CC1)CC2. The van der Waals surface area contributed by atoms with Crippen LogP contribution in [0, 0.1) is 5.41 Å². The molecule has 0 saturated heterocycles. The number of hydrogen-bond donors (Lipinski definition) is 0. The van der Waals surface area contributed by atoms with Crippen LogP contribution in [-0.4, -0.2) is 22.9 Å². The molecule has 0 radical (unpaired) electrons. The molecule has 0 amide bonds. The highest BCUT2D eigenvalue weighted by molar-refractivity contribution is 5.77. The summed E-state index contributed by atoms with van der Waals surface area (Å²) >= 11 is 0. The van der Waals surface area contributed by atoms with Gasteiger partial charge in [0.15, 0.2) is 0 Å². The van der Waals surface area contributed by atoms with Crippen LogP contribution >= 0.6 is 0 Å². The maximum atomic E-state index is 12.1. The fourth-order valence-corrected chi connectivity index (χ4v) is 4.37. The van der Waals surface area contributed by atoms with Crippen molar-refractivity contribution in [2.75, 3.05) is 7.11 Å². The second kappa shape index (κ2) is 4.85. The van der Waals surface area contributed by atoms with Gasteiger partial charge < -0.3 is 4.74 Å². The third-order valence-electron chi connectivity index (χ3n) is 5.92. The zero-order chi connectivity index (χ0) is 15.3. The molecule has 0 aliphatic heterocycles. The fourth-order valence-electron chi connectivity index (χ4n) is 4.37. The molecule has 1 aromatic heterocycles. The first kappa shape index (κ1) is 14.6. The van der Waals surface area contributed by atoms with E-state index in [-0.39, 0.29) is 16.8 Å². The van der Waals surface area contributed by atoms with Crippen LogP contribution in [0.15, 0.2) is 6.07 Å². The zero-order valence-electron chi connectivity index (χ0n) is 13.6. The molecule has 3 aliphatic rings. The number of fused-ring (bicyclic) bond motifs is 3. The largest absolute Gasteiger partial charge is 0.469 e. The summed E-state index contributed by atoms with van der Waals surface area (Å²) in [6, 6.07) is 2.29. The summed E-state index contributed by atoms with van der Waals surface area (Å²) in [5.74, 6) is 0.494. The Bertz CT molecular complexity index is 535. The van der Waals surface area contributed by atoms with Crippen molar-refractivity contribution in [1.29, 1.82) is 0 Å². The lowest BCUT2D eigenvalue weighted by atomic mass is 9.53. The topological polar surface area (TPSA) is 44.1 Å². The summed E-state index contributed by atoms with van der Waals surface area (Å²) in [4.78, 5) is 12.1. The second-order valence-corrected chi connectivity index (χ2v) is 7.28. The third-order valence-corrected chi connectivity index (χ3v) is 5.92. The summed E-state index contributed by atoms with van der Waals surface area (Å²) < 4.78 is 7.08. The van der Waals surface area contributed by atoms with Crippen molar-refractivity contribution >= 4 is 5.97 Å². The first-order valence-corrected chi connectivity index (χ1v) is 8.05. The Balaban J connectivity index is 1.86. The van der Waals surface area contributed by atoms with Gasteiger partial charge in [-0.3, -0.25) is 9.48 Å². The van der Waals surface area contributed by atoms with E-state index >= 15 is 0 Å². The molecule has 3 aliphatic carbocycles. The molecule has 3 fully saturated rings. The standard InChI is InChI=1S/C17H26N2O2/c1-12(2)13-11-14(18-19(13)3)16-5-8-17(9-6-16,10-7-16)15(20)21-4/h11-12H,5-10H2,1-4H3. The van der Waals surface area contributed by atoms with Gasteiger partial charge in [-0.05, 0) is 50.5 Å². The number of esters is 1. The van der Waals surface area contributed by atoms with Gasteiger partial charge >= 0.3 is 5.97 Å². The van der Waals surface area contributed by atoms with E-state index in [0.717, 1.165) is 38.5 Å². The first-order chi connectivity index (χ1) is 9.92. The quantitative estimate of drug-likeness (QED) is 0.802. The summed E-state index contributed by atoms with van der Waals surface area (Å²) in [6.07, 6.45) is 6.05. The van der Waals surface area contributed by atoms with Gasteiger partial charge in [-0.15, -0.1) is 0 Å². The Morgan fingerprint density at radius 1 is 1.24 bits per heavy atom. The normalized spacial score (nSPS) is 31.7. The molecule has 0 unspecified atom stereocenters. The first-order valence-electron chi connectivity index (χ1n) is 8.05. The van der Waals surface area contributed by atoms with Crippen LogP contribution in [0.25, 0.3) is 0 Å². The summed E-state index contributed by atoms with van der Waals surface area (Å²) in [7, 11) is 3.56. The maximum Gasteiger partial charge on any atom is 0.311 e. The van der Waals surface area contributed by atoms with E-state index in [1.54, 1.807) is 0 Å². The summed E-state index contributed by atoms with van der Waals surface area (Å²) in [6.45, 7) is 4.42. The molecule has 1 aromatic rings. The average Bonchev–Trinajstić information content (AvgIpc) is 2.91. The van der Waals surface area contributed by atoms with Crippen LogP contribution in [0.4, 0.5) is 0 Å². The minimum Gasteiger partial charge on any atom is -0.469 e. The fraction of sp³-hybridized carbons (Fsp3) is 0.765. The van der Waals surface area contributed by atoms with Gasteiger partial charge in [0, 0.05) is 18.2 Å². The Morgan fingerprint density at radius 3 is 2.24 bits per heavy atom. The lowest BCUT2D eigenvalue weighted by Crippen LogP contribution is -2.48. The van der Waals surface area contributed by atoms with E-state index < -0.39 is 0 Å². The molecule has 0 atom stereocenters. The number of rotatable bonds is 3. The number of ether oxygens (including phenoxy) is 1. The molecule has 1 heterocycles. The number of carbonyl (C=O) groups excluding carboxylic acids is 1. The Labute approximate surface area is 126 Å². The Morgan fingerprint density at radius 2 is 1.81 bits per heavy atom. The van der Waals surface area contributed by atoms with Gasteiger partial charge in [0.25, 0.3) is 0 Å². The highest BCUT2D eigenvalue weighted by Gasteiger charge is 2.54. The Hall–Kier alpha value is -1.32. The molecule has 4 rings (SSSR count). The van der Waals surface area contributed by atoms with Crippen LogP contribution in [0.1, 0.15) is 69.7 Å². The molecule has 0 N–H and O–H groups in total. The minimum absolute atomic E-state index is 0.000287. The van der Waals surface area contributed by atoms with E-state index in [2.05, 4.69) is 19.9 Å². The van der Waals surface area contributed by atoms with Crippen LogP contribution in [0.2, 0.25) is 0 Å². The van der Waals surface area contributed by atoms with Crippen LogP contribution in [0.5, 0.6) is 0 Å². The van der Waals surface area contributed by atoms with Gasteiger partial charge in [-0.1, -0.05) is 13.8 Å². The van der Waals surface area contributed by atoms with E-state index in [9.17, 15) is 4.79 Å². The number of hydrogen-bond acceptors (Lipinski definition) is 3. The molecule has 21 heavy (non-hydrogen) atoms. The van der Waals surface area contributed by atoms with Crippen LogP contribution in [0.3, 0.4) is 0 Å².